The number of ether oxygens (including phenoxy) is 2. The zero-order valence-corrected chi connectivity index (χ0v) is 20.3. The number of esters is 2. The number of urea groups is 2. The molecule has 0 aliphatic rings. The Morgan fingerprint density at radius 2 is 1.09 bits per heavy atom. The number of carboxylic acid groups (broad SMARTS) is 1. The number of rotatable bonds is 19. The molecule has 1 atom stereocenters. The van der Waals surface area contributed by atoms with Crippen molar-refractivity contribution in [1.29, 1.82) is 0 Å². The smallest absolute Gasteiger partial charge is 0.326 e. The van der Waals surface area contributed by atoms with Crippen molar-refractivity contribution in [2.24, 2.45) is 0 Å². The van der Waals surface area contributed by atoms with Crippen molar-refractivity contribution in [2.75, 3.05) is 33.9 Å². The number of hydrogen-bond acceptors (Lipinski definition) is 7. The van der Waals surface area contributed by atoms with E-state index in [-0.39, 0.29) is 24.4 Å². The Kier molecular flexibility index (Phi) is 18.7. The van der Waals surface area contributed by atoms with Crippen LogP contribution in [0.2, 0.25) is 0 Å². The zero-order chi connectivity index (χ0) is 25.6. The first-order chi connectivity index (χ1) is 16.3. The van der Waals surface area contributed by atoms with Crippen molar-refractivity contribution in [3.05, 3.63) is 0 Å². The van der Waals surface area contributed by atoms with Gasteiger partial charge in [0.15, 0.2) is 0 Å². The lowest BCUT2D eigenvalue weighted by molar-refractivity contribution is -0.141. The molecule has 0 aromatic heterocycles. The fourth-order valence-corrected chi connectivity index (χ4v) is 2.95. The van der Waals surface area contributed by atoms with E-state index in [0.717, 1.165) is 19.3 Å². The number of carbonyl (C=O) groups excluding carboxylic acids is 4. The van der Waals surface area contributed by atoms with Crippen LogP contribution < -0.4 is 21.3 Å². The van der Waals surface area contributed by atoms with Crippen LogP contribution in [-0.4, -0.2) is 75.0 Å². The van der Waals surface area contributed by atoms with Gasteiger partial charge in [0, 0.05) is 32.5 Å². The van der Waals surface area contributed by atoms with E-state index in [2.05, 4.69) is 30.7 Å². The van der Waals surface area contributed by atoms with Gasteiger partial charge < -0.3 is 35.8 Å². The Morgan fingerprint density at radius 1 is 0.647 bits per heavy atom. The van der Waals surface area contributed by atoms with Gasteiger partial charge in [0.2, 0.25) is 0 Å². The highest BCUT2D eigenvalue weighted by atomic mass is 16.5. The Balaban J connectivity index is 3.80. The minimum absolute atomic E-state index is 0.240. The molecule has 0 aliphatic heterocycles. The summed E-state index contributed by atoms with van der Waals surface area (Å²) in [5.41, 5.74) is 0. The molecule has 0 radical (unpaired) electrons. The van der Waals surface area contributed by atoms with Gasteiger partial charge in [0.05, 0.1) is 14.2 Å². The van der Waals surface area contributed by atoms with Crippen LogP contribution in [0.15, 0.2) is 0 Å². The van der Waals surface area contributed by atoms with Crippen LogP contribution in [0.1, 0.15) is 70.6 Å². The predicted octanol–water partition coefficient (Wildman–Crippen LogP) is 1.68. The molecule has 0 rings (SSSR count). The Hall–Kier alpha value is -3.05. The highest BCUT2D eigenvalue weighted by Gasteiger charge is 2.19. The lowest BCUT2D eigenvalue weighted by Crippen LogP contribution is -2.46. The number of carboxylic acids is 1. The van der Waals surface area contributed by atoms with E-state index in [9.17, 15) is 29.1 Å². The van der Waals surface area contributed by atoms with Gasteiger partial charge >= 0.3 is 30.0 Å². The summed E-state index contributed by atoms with van der Waals surface area (Å²) in [4.78, 5) is 57.0. The molecule has 4 amide bonds. The number of nitrogens with one attached hydrogen (secondary N) is 4. The van der Waals surface area contributed by atoms with Gasteiger partial charge in [0.1, 0.15) is 6.04 Å². The van der Waals surface area contributed by atoms with Gasteiger partial charge in [-0.1, -0.05) is 12.8 Å². The molecule has 196 valence electrons. The molecule has 12 heteroatoms. The summed E-state index contributed by atoms with van der Waals surface area (Å²) < 4.78 is 9.10. The van der Waals surface area contributed by atoms with Crippen molar-refractivity contribution in [2.45, 2.75) is 76.7 Å². The highest BCUT2D eigenvalue weighted by molar-refractivity contribution is 5.82. The van der Waals surface area contributed by atoms with Gasteiger partial charge in [-0.15, -0.1) is 0 Å². The number of unbranched alkanes of at least 4 members (excludes halogenated alkanes) is 5. The van der Waals surface area contributed by atoms with Crippen molar-refractivity contribution >= 4 is 30.0 Å². The summed E-state index contributed by atoms with van der Waals surface area (Å²) in [5.74, 6) is -1.63. The maximum Gasteiger partial charge on any atom is 0.326 e. The molecular formula is C22H40N4O8. The number of hydrogen-bond donors (Lipinski definition) is 5. The third-order valence-electron chi connectivity index (χ3n) is 4.95. The van der Waals surface area contributed by atoms with Crippen LogP contribution in [0.3, 0.4) is 0 Å². The van der Waals surface area contributed by atoms with Crippen LogP contribution in [-0.2, 0) is 23.9 Å². The van der Waals surface area contributed by atoms with E-state index < -0.39 is 18.0 Å². The minimum atomic E-state index is -1.12. The summed E-state index contributed by atoms with van der Waals surface area (Å²) >= 11 is 0. The highest BCUT2D eigenvalue weighted by Crippen LogP contribution is 2.03. The summed E-state index contributed by atoms with van der Waals surface area (Å²) in [6, 6.07) is -1.87. The molecule has 0 aliphatic carbocycles. The largest absolute Gasteiger partial charge is 0.480 e. The predicted molar refractivity (Wildman–Crippen MR) is 124 cm³/mol. The zero-order valence-electron chi connectivity index (χ0n) is 20.3. The van der Waals surface area contributed by atoms with Crippen molar-refractivity contribution in [3.8, 4) is 0 Å². The van der Waals surface area contributed by atoms with Crippen molar-refractivity contribution in [3.63, 3.8) is 0 Å². The molecule has 0 spiro atoms. The summed E-state index contributed by atoms with van der Waals surface area (Å²) in [5, 5.41) is 19.8. The third kappa shape index (κ3) is 18.5. The number of carbonyl (C=O) groups is 5. The molecule has 5 N–H and O–H groups in total. The maximum atomic E-state index is 11.9. The number of aliphatic carboxylic acids is 1. The van der Waals surface area contributed by atoms with E-state index in [1.54, 1.807) is 0 Å². The van der Waals surface area contributed by atoms with E-state index in [1.165, 1.54) is 14.2 Å². The Morgan fingerprint density at radius 3 is 1.53 bits per heavy atom. The third-order valence-corrected chi connectivity index (χ3v) is 4.95. The van der Waals surface area contributed by atoms with E-state index >= 15 is 0 Å². The molecule has 0 saturated carbocycles. The quantitative estimate of drug-likeness (QED) is 0.135. The van der Waals surface area contributed by atoms with Gasteiger partial charge in [0.25, 0.3) is 0 Å². The van der Waals surface area contributed by atoms with Crippen molar-refractivity contribution in [1.82, 2.24) is 21.3 Å². The standard InChI is InChI=1S/C22H40N4O8/c1-33-18(27)12-5-3-8-14-23-21(31)24-16-10-7-11-17(20(29)30)26-22(32)25-15-9-4-6-13-19(28)34-2/h17H,3-16H2,1-2H3,(H,29,30)(H2,23,24,31)(H2,25,26,32). The van der Waals surface area contributed by atoms with Crippen LogP contribution in [0.25, 0.3) is 0 Å². The second kappa shape index (κ2) is 20.5. The second-order valence-electron chi connectivity index (χ2n) is 7.74. The lowest BCUT2D eigenvalue weighted by atomic mass is 10.1. The van der Waals surface area contributed by atoms with Gasteiger partial charge in [-0.3, -0.25) is 9.59 Å². The lowest BCUT2D eigenvalue weighted by Gasteiger charge is -2.15. The molecule has 0 bridgehead atoms. The molecular weight excluding hydrogens is 448 g/mol. The summed E-state index contributed by atoms with van der Waals surface area (Å²) in [6.45, 7) is 1.26. The maximum absolute atomic E-state index is 11.9. The first-order valence-electron chi connectivity index (χ1n) is 11.7. The fraction of sp³-hybridized carbons (Fsp3) is 0.773. The van der Waals surface area contributed by atoms with Gasteiger partial charge in [-0.2, -0.15) is 0 Å². The SMILES string of the molecule is COC(=O)CCCCCNC(=O)NCCCCC(NC(=O)NCCCCCC(=O)OC)C(=O)O. The topological polar surface area (TPSA) is 172 Å². The first kappa shape index (κ1) is 30.9. The number of amides is 4. The molecule has 0 saturated heterocycles. The molecule has 0 aromatic rings. The summed E-state index contributed by atoms with van der Waals surface area (Å²) in [7, 11) is 2.69. The Bertz CT molecular complexity index is 630. The monoisotopic (exact) mass is 488 g/mol. The minimum Gasteiger partial charge on any atom is -0.480 e. The number of methoxy groups -OCH3 is 2. The normalized spacial score (nSPS) is 11.1. The fourth-order valence-electron chi connectivity index (χ4n) is 2.95. The Labute approximate surface area is 200 Å². The van der Waals surface area contributed by atoms with Crippen LogP contribution >= 0.6 is 0 Å². The van der Waals surface area contributed by atoms with Gasteiger partial charge in [-0.05, 0) is 44.9 Å². The van der Waals surface area contributed by atoms with Crippen LogP contribution in [0.5, 0.6) is 0 Å². The molecule has 0 aromatic carbocycles. The van der Waals surface area contributed by atoms with E-state index in [0.29, 0.717) is 64.6 Å². The summed E-state index contributed by atoms with van der Waals surface area (Å²) in [6.07, 6.45) is 6.38. The van der Waals surface area contributed by atoms with E-state index in [1.807, 2.05) is 0 Å². The first-order valence-corrected chi connectivity index (χ1v) is 11.7. The molecule has 0 heterocycles. The van der Waals surface area contributed by atoms with Crippen LogP contribution in [0.4, 0.5) is 9.59 Å². The average Bonchev–Trinajstić information content (AvgIpc) is 2.81. The van der Waals surface area contributed by atoms with Crippen LogP contribution in [0, 0.1) is 0 Å². The van der Waals surface area contributed by atoms with Gasteiger partial charge in [-0.25, -0.2) is 14.4 Å². The van der Waals surface area contributed by atoms with E-state index in [4.69, 9.17) is 0 Å². The van der Waals surface area contributed by atoms with Crippen molar-refractivity contribution < 1.29 is 38.6 Å². The molecule has 12 nitrogen and oxygen atoms in total. The average molecular weight is 489 g/mol. The second-order valence-corrected chi connectivity index (χ2v) is 7.74. The molecule has 34 heavy (non-hydrogen) atoms. The molecule has 0 fully saturated rings. The molecule has 1 unspecified atom stereocenters.